The maximum atomic E-state index is 5.62. The number of aryl methyl sites for hydroxylation is 1. The topological polar surface area (TPSA) is 56.7 Å². The summed E-state index contributed by atoms with van der Waals surface area (Å²) in [5.74, 6) is 1.26. The number of hydrogen-bond donors (Lipinski definition) is 1. The van der Waals surface area contributed by atoms with Gasteiger partial charge in [-0.2, -0.15) is 0 Å². The molecule has 72 valence electrons. The molecule has 0 aromatic carbocycles. The van der Waals surface area contributed by atoms with E-state index < -0.39 is 0 Å². The quantitative estimate of drug-likeness (QED) is 0.844. The van der Waals surface area contributed by atoms with Crippen LogP contribution in [0.3, 0.4) is 0 Å². The SMILES string of the molecule is Cc1cccnc1-n1cc(Br)c(N)n1. The maximum Gasteiger partial charge on any atom is 0.160 e. The molecule has 2 aromatic rings. The van der Waals surface area contributed by atoms with Crippen LogP contribution in [0.2, 0.25) is 0 Å². The zero-order chi connectivity index (χ0) is 10.1. The number of halogens is 1. The van der Waals surface area contributed by atoms with Gasteiger partial charge in [-0.1, -0.05) is 6.07 Å². The van der Waals surface area contributed by atoms with Crippen LogP contribution < -0.4 is 5.73 Å². The highest BCUT2D eigenvalue weighted by Gasteiger charge is 2.06. The second-order valence-corrected chi connectivity index (χ2v) is 3.81. The minimum Gasteiger partial charge on any atom is -0.381 e. The first-order valence-electron chi connectivity index (χ1n) is 4.11. The van der Waals surface area contributed by atoms with Crippen LogP contribution in [-0.4, -0.2) is 14.8 Å². The predicted octanol–water partition coefficient (Wildman–Crippen LogP) is 1.92. The van der Waals surface area contributed by atoms with E-state index in [4.69, 9.17) is 5.73 Å². The molecule has 2 N–H and O–H groups in total. The summed E-state index contributed by atoms with van der Waals surface area (Å²) in [6.07, 6.45) is 3.53. The van der Waals surface area contributed by atoms with Gasteiger partial charge in [-0.25, -0.2) is 9.67 Å². The molecular formula is C9H9BrN4. The summed E-state index contributed by atoms with van der Waals surface area (Å²) in [6, 6.07) is 3.87. The number of hydrogen-bond acceptors (Lipinski definition) is 3. The van der Waals surface area contributed by atoms with E-state index in [1.807, 2.05) is 19.1 Å². The van der Waals surface area contributed by atoms with E-state index in [1.165, 1.54) is 0 Å². The van der Waals surface area contributed by atoms with Gasteiger partial charge in [0.15, 0.2) is 11.6 Å². The Balaban J connectivity index is 2.55. The van der Waals surface area contributed by atoms with Crippen molar-refractivity contribution in [1.82, 2.24) is 14.8 Å². The van der Waals surface area contributed by atoms with Crippen molar-refractivity contribution in [3.8, 4) is 5.82 Å². The van der Waals surface area contributed by atoms with Crippen LogP contribution in [0.25, 0.3) is 5.82 Å². The number of rotatable bonds is 1. The molecule has 14 heavy (non-hydrogen) atoms. The Kier molecular flexibility index (Phi) is 2.25. The van der Waals surface area contributed by atoms with E-state index in [0.29, 0.717) is 5.82 Å². The molecule has 4 nitrogen and oxygen atoms in total. The predicted molar refractivity (Wildman–Crippen MR) is 58.2 cm³/mol. The van der Waals surface area contributed by atoms with Crippen LogP contribution in [0.4, 0.5) is 5.82 Å². The van der Waals surface area contributed by atoms with Crippen molar-refractivity contribution < 1.29 is 0 Å². The Bertz CT molecular complexity index is 444. The molecule has 0 aliphatic heterocycles. The molecule has 0 aliphatic carbocycles. The van der Waals surface area contributed by atoms with Crippen LogP contribution in [0, 0.1) is 6.92 Å². The molecule has 0 fully saturated rings. The summed E-state index contributed by atoms with van der Waals surface area (Å²) in [6.45, 7) is 1.98. The van der Waals surface area contributed by atoms with Crippen LogP contribution in [-0.2, 0) is 0 Å². The zero-order valence-electron chi connectivity index (χ0n) is 7.61. The van der Waals surface area contributed by atoms with Gasteiger partial charge >= 0.3 is 0 Å². The van der Waals surface area contributed by atoms with Gasteiger partial charge in [0.1, 0.15) is 0 Å². The molecule has 0 radical (unpaired) electrons. The summed E-state index contributed by atoms with van der Waals surface area (Å²) in [4.78, 5) is 4.23. The summed E-state index contributed by atoms with van der Waals surface area (Å²) in [5, 5.41) is 4.13. The molecule has 0 atom stereocenters. The molecule has 0 saturated carbocycles. The normalized spacial score (nSPS) is 10.4. The summed E-state index contributed by atoms with van der Waals surface area (Å²) in [5.41, 5.74) is 6.68. The molecule has 0 spiro atoms. The highest BCUT2D eigenvalue weighted by atomic mass is 79.9. The van der Waals surface area contributed by atoms with Crippen molar-refractivity contribution in [2.75, 3.05) is 5.73 Å². The fourth-order valence-corrected chi connectivity index (χ4v) is 1.47. The zero-order valence-corrected chi connectivity index (χ0v) is 9.19. The van der Waals surface area contributed by atoms with Crippen LogP contribution in [0.5, 0.6) is 0 Å². The van der Waals surface area contributed by atoms with Crippen LogP contribution in [0.1, 0.15) is 5.56 Å². The fraction of sp³-hybridized carbons (Fsp3) is 0.111. The average Bonchev–Trinajstić information content (AvgIpc) is 2.48. The Morgan fingerprint density at radius 1 is 1.50 bits per heavy atom. The van der Waals surface area contributed by atoms with Crippen molar-refractivity contribution in [3.05, 3.63) is 34.6 Å². The van der Waals surface area contributed by atoms with Crippen molar-refractivity contribution in [2.24, 2.45) is 0 Å². The van der Waals surface area contributed by atoms with Gasteiger partial charge in [-0.3, -0.25) is 0 Å². The Labute approximate surface area is 89.9 Å². The van der Waals surface area contributed by atoms with Gasteiger partial charge in [-0.15, -0.1) is 5.10 Å². The fourth-order valence-electron chi connectivity index (χ4n) is 1.19. The van der Waals surface area contributed by atoms with Gasteiger partial charge < -0.3 is 5.73 Å². The smallest absolute Gasteiger partial charge is 0.160 e. The van der Waals surface area contributed by atoms with Crippen molar-refractivity contribution in [1.29, 1.82) is 0 Å². The van der Waals surface area contributed by atoms with Gasteiger partial charge in [0.05, 0.1) is 4.47 Å². The average molecular weight is 253 g/mol. The lowest BCUT2D eigenvalue weighted by Gasteiger charge is -2.02. The van der Waals surface area contributed by atoms with Crippen molar-refractivity contribution in [3.63, 3.8) is 0 Å². The Morgan fingerprint density at radius 3 is 2.86 bits per heavy atom. The molecule has 2 heterocycles. The maximum absolute atomic E-state index is 5.62. The van der Waals surface area contributed by atoms with Gasteiger partial charge in [0.25, 0.3) is 0 Å². The summed E-state index contributed by atoms with van der Waals surface area (Å²) >= 11 is 3.30. The molecule has 0 bridgehead atoms. The molecule has 2 rings (SSSR count). The van der Waals surface area contributed by atoms with E-state index in [2.05, 4.69) is 26.0 Å². The lowest BCUT2D eigenvalue weighted by atomic mass is 10.3. The van der Waals surface area contributed by atoms with Crippen LogP contribution in [0.15, 0.2) is 29.0 Å². The second-order valence-electron chi connectivity index (χ2n) is 2.95. The summed E-state index contributed by atoms with van der Waals surface area (Å²) < 4.78 is 2.44. The molecule has 0 aliphatic rings. The van der Waals surface area contributed by atoms with Gasteiger partial charge in [0.2, 0.25) is 0 Å². The Morgan fingerprint density at radius 2 is 2.29 bits per heavy atom. The molecule has 0 unspecified atom stereocenters. The van der Waals surface area contributed by atoms with Gasteiger partial charge in [0, 0.05) is 12.4 Å². The van der Waals surface area contributed by atoms with E-state index in [-0.39, 0.29) is 0 Å². The minimum absolute atomic E-state index is 0.468. The number of pyridine rings is 1. The third-order valence-corrected chi connectivity index (χ3v) is 2.51. The lowest BCUT2D eigenvalue weighted by Crippen LogP contribution is -2.01. The first-order valence-corrected chi connectivity index (χ1v) is 4.90. The molecule has 0 amide bonds. The monoisotopic (exact) mass is 252 g/mol. The standard InChI is InChI=1S/C9H9BrN4/c1-6-3-2-4-12-9(6)14-5-7(10)8(11)13-14/h2-5H,1H3,(H2,11,13). The van der Waals surface area contributed by atoms with Crippen LogP contribution >= 0.6 is 15.9 Å². The van der Waals surface area contributed by atoms with Crippen molar-refractivity contribution in [2.45, 2.75) is 6.92 Å². The number of anilines is 1. The minimum atomic E-state index is 0.468. The van der Waals surface area contributed by atoms with Gasteiger partial charge in [-0.05, 0) is 34.5 Å². The first-order chi connectivity index (χ1) is 6.68. The number of nitrogens with two attached hydrogens (primary N) is 1. The third kappa shape index (κ3) is 1.50. The van der Waals surface area contributed by atoms with Crippen molar-refractivity contribution >= 4 is 21.7 Å². The summed E-state index contributed by atoms with van der Waals surface area (Å²) in [7, 11) is 0. The molecular weight excluding hydrogens is 244 g/mol. The third-order valence-electron chi connectivity index (χ3n) is 1.89. The second kappa shape index (κ2) is 3.42. The lowest BCUT2D eigenvalue weighted by molar-refractivity contribution is 0.842. The van der Waals surface area contributed by atoms with E-state index in [0.717, 1.165) is 15.9 Å². The highest BCUT2D eigenvalue weighted by Crippen LogP contribution is 2.19. The number of nitrogens with zero attached hydrogens (tertiary/aromatic N) is 3. The Hall–Kier alpha value is -1.36. The van der Waals surface area contributed by atoms with E-state index in [9.17, 15) is 0 Å². The van der Waals surface area contributed by atoms with E-state index >= 15 is 0 Å². The molecule has 2 aromatic heterocycles. The molecule has 0 saturated heterocycles. The number of nitrogen functional groups attached to an aromatic ring is 1. The number of aromatic nitrogens is 3. The largest absolute Gasteiger partial charge is 0.381 e. The highest BCUT2D eigenvalue weighted by molar-refractivity contribution is 9.10. The van der Waals surface area contributed by atoms with E-state index in [1.54, 1.807) is 17.1 Å². The first kappa shape index (κ1) is 9.21. The molecule has 5 heteroatoms.